The minimum absolute atomic E-state index is 0.0277. The van der Waals surface area contributed by atoms with Gasteiger partial charge in [-0.15, -0.1) is 0 Å². The zero-order valence-electron chi connectivity index (χ0n) is 10.1. The lowest BCUT2D eigenvalue weighted by Crippen LogP contribution is -2.36. The van der Waals surface area contributed by atoms with Crippen LogP contribution >= 0.6 is 0 Å². The molecule has 0 aliphatic rings. The van der Waals surface area contributed by atoms with Crippen molar-refractivity contribution in [3.05, 3.63) is 0 Å². The van der Waals surface area contributed by atoms with Gasteiger partial charge < -0.3 is 15.5 Å². The Kier molecular flexibility index (Phi) is 6.03. The average molecular weight is 231 g/mol. The van der Waals surface area contributed by atoms with Gasteiger partial charge in [-0.05, 0) is 18.8 Å². The van der Waals surface area contributed by atoms with Gasteiger partial charge in [0.25, 0.3) is 0 Å². The molecular weight excluding hydrogens is 210 g/mol. The number of hydrogen-bond donors (Lipinski definition) is 3. The molecule has 3 N–H and O–H groups in total. The number of rotatable bonds is 7. The number of carboxylic acids is 1. The summed E-state index contributed by atoms with van der Waals surface area (Å²) in [7, 11) is 0. The molecule has 94 valence electrons. The van der Waals surface area contributed by atoms with E-state index in [2.05, 4.69) is 5.32 Å². The molecule has 5 nitrogen and oxygen atoms in total. The van der Waals surface area contributed by atoms with Crippen LogP contribution in [0.3, 0.4) is 0 Å². The predicted molar refractivity (Wildman–Crippen MR) is 60.0 cm³/mol. The largest absolute Gasteiger partial charge is 0.481 e. The fraction of sp³-hybridized carbons (Fsp3) is 0.818. The van der Waals surface area contributed by atoms with Crippen LogP contribution in [0.1, 0.15) is 40.0 Å². The van der Waals surface area contributed by atoms with E-state index in [4.69, 9.17) is 10.2 Å². The lowest BCUT2D eigenvalue weighted by atomic mass is 9.85. The first-order chi connectivity index (χ1) is 7.26. The lowest BCUT2D eigenvalue weighted by molar-refractivity contribution is -0.139. The van der Waals surface area contributed by atoms with Gasteiger partial charge in [-0.3, -0.25) is 9.59 Å². The molecule has 0 saturated heterocycles. The third kappa shape index (κ3) is 7.23. The maximum Gasteiger partial charge on any atom is 0.303 e. The number of carbonyl (C=O) groups is 2. The van der Waals surface area contributed by atoms with E-state index in [0.717, 1.165) is 0 Å². The van der Waals surface area contributed by atoms with Gasteiger partial charge in [0, 0.05) is 19.1 Å². The number of aliphatic hydroxyl groups is 1. The number of aliphatic carboxylic acids is 1. The number of aliphatic hydroxyl groups excluding tert-OH is 1. The van der Waals surface area contributed by atoms with Crippen molar-refractivity contribution in [2.75, 3.05) is 6.61 Å². The van der Waals surface area contributed by atoms with Gasteiger partial charge in [0.05, 0.1) is 6.42 Å². The molecule has 0 radical (unpaired) electrons. The van der Waals surface area contributed by atoms with Gasteiger partial charge in [0.15, 0.2) is 0 Å². The van der Waals surface area contributed by atoms with Crippen molar-refractivity contribution in [3.63, 3.8) is 0 Å². The Morgan fingerprint density at radius 1 is 1.31 bits per heavy atom. The quantitative estimate of drug-likeness (QED) is 0.604. The van der Waals surface area contributed by atoms with E-state index in [9.17, 15) is 9.59 Å². The van der Waals surface area contributed by atoms with Crippen molar-refractivity contribution in [3.8, 4) is 0 Å². The monoisotopic (exact) mass is 231 g/mol. The van der Waals surface area contributed by atoms with Crippen LogP contribution in [0.25, 0.3) is 0 Å². The first-order valence-electron chi connectivity index (χ1n) is 5.39. The number of carbonyl (C=O) groups excluding carboxylic acids is 1. The Hall–Kier alpha value is -1.10. The molecule has 1 atom stereocenters. The van der Waals surface area contributed by atoms with E-state index < -0.39 is 11.4 Å². The van der Waals surface area contributed by atoms with Crippen LogP contribution in [-0.4, -0.2) is 34.7 Å². The van der Waals surface area contributed by atoms with Crippen LogP contribution in [0.15, 0.2) is 0 Å². The topological polar surface area (TPSA) is 86.6 Å². The molecule has 0 fully saturated rings. The highest BCUT2D eigenvalue weighted by atomic mass is 16.4. The maximum absolute atomic E-state index is 11.5. The highest BCUT2D eigenvalue weighted by molar-refractivity contribution is 5.78. The first kappa shape index (κ1) is 14.9. The highest BCUT2D eigenvalue weighted by Crippen LogP contribution is 2.24. The van der Waals surface area contributed by atoms with E-state index in [0.29, 0.717) is 6.42 Å². The summed E-state index contributed by atoms with van der Waals surface area (Å²) in [5.74, 6) is -1.08. The summed E-state index contributed by atoms with van der Waals surface area (Å²) >= 11 is 0. The van der Waals surface area contributed by atoms with Gasteiger partial charge in [0.1, 0.15) is 0 Å². The summed E-state index contributed by atoms with van der Waals surface area (Å²) in [6.45, 7) is 5.33. The second-order valence-electron chi connectivity index (χ2n) is 4.89. The van der Waals surface area contributed by atoms with Gasteiger partial charge in [-0.25, -0.2) is 0 Å². The zero-order valence-corrected chi connectivity index (χ0v) is 10.1. The van der Waals surface area contributed by atoms with Crippen LogP contribution in [0, 0.1) is 5.41 Å². The number of nitrogens with one attached hydrogen (secondary N) is 1. The molecule has 0 aromatic rings. The standard InChI is InChI=1S/C11H21NO4/c1-8(4-5-13)12-9(14)6-11(2,3)7-10(15)16/h8,13H,4-7H2,1-3H3,(H,12,14)(H,15,16). The summed E-state index contributed by atoms with van der Waals surface area (Å²) in [5.41, 5.74) is -0.547. The molecule has 0 saturated carbocycles. The first-order valence-corrected chi connectivity index (χ1v) is 5.39. The van der Waals surface area contributed by atoms with E-state index in [1.165, 1.54) is 0 Å². The maximum atomic E-state index is 11.5. The van der Waals surface area contributed by atoms with E-state index in [1.54, 1.807) is 20.8 Å². The van der Waals surface area contributed by atoms with Crippen molar-refractivity contribution < 1.29 is 19.8 Å². The highest BCUT2D eigenvalue weighted by Gasteiger charge is 2.25. The van der Waals surface area contributed by atoms with Crippen LogP contribution < -0.4 is 5.32 Å². The summed E-state index contributed by atoms with van der Waals surface area (Å²) in [5, 5.41) is 20.1. The normalized spacial score (nSPS) is 13.2. The van der Waals surface area contributed by atoms with Gasteiger partial charge in [0.2, 0.25) is 5.91 Å². The third-order valence-electron chi connectivity index (χ3n) is 2.24. The Morgan fingerprint density at radius 2 is 1.88 bits per heavy atom. The minimum atomic E-state index is -0.902. The molecule has 0 aromatic carbocycles. The summed E-state index contributed by atoms with van der Waals surface area (Å²) < 4.78 is 0. The Balaban J connectivity index is 4.07. The van der Waals surface area contributed by atoms with Crippen LogP contribution in [0.2, 0.25) is 0 Å². The van der Waals surface area contributed by atoms with Crippen molar-refractivity contribution in [2.45, 2.75) is 46.1 Å². The van der Waals surface area contributed by atoms with Crippen molar-refractivity contribution in [1.29, 1.82) is 0 Å². The Labute approximate surface area is 95.9 Å². The smallest absolute Gasteiger partial charge is 0.303 e. The summed E-state index contributed by atoms with van der Waals surface area (Å²) in [4.78, 5) is 22.1. The predicted octanol–water partition coefficient (Wildman–Crippen LogP) is 0.764. The molecule has 0 heterocycles. The minimum Gasteiger partial charge on any atom is -0.481 e. The second kappa shape index (κ2) is 6.48. The number of amides is 1. The van der Waals surface area contributed by atoms with Crippen LogP contribution in [-0.2, 0) is 9.59 Å². The van der Waals surface area contributed by atoms with Gasteiger partial charge in [-0.1, -0.05) is 13.8 Å². The van der Waals surface area contributed by atoms with Gasteiger partial charge >= 0.3 is 5.97 Å². The molecule has 5 heteroatoms. The van der Waals surface area contributed by atoms with E-state index in [-0.39, 0.29) is 31.4 Å². The van der Waals surface area contributed by atoms with Crippen molar-refractivity contribution in [1.82, 2.24) is 5.32 Å². The Morgan fingerprint density at radius 3 is 2.31 bits per heavy atom. The number of carboxylic acid groups (broad SMARTS) is 1. The van der Waals surface area contributed by atoms with E-state index in [1.807, 2.05) is 0 Å². The average Bonchev–Trinajstić information content (AvgIpc) is 1.98. The fourth-order valence-electron chi connectivity index (χ4n) is 1.50. The van der Waals surface area contributed by atoms with Crippen molar-refractivity contribution >= 4 is 11.9 Å². The molecule has 1 unspecified atom stereocenters. The van der Waals surface area contributed by atoms with Crippen LogP contribution in [0.4, 0.5) is 0 Å². The molecule has 0 rings (SSSR count). The molecule has 0 aliphatic carbocycles. The number of hydrogen-bond acceptors (Lipinski definition) is 3. The third-order valence-corrected chi connectivity index (χ3v) is 2.24. The molecular formula is C11H21NO4. The lowest BCUT2D eigenvalue weighted by Gasteiger charge is -2.22. The zero-order chi connectivity index (χ0) is 12.8. The summed E-state index contributed by atoms with van der Waals surface area (Å²) in [6.07, 6.45) is 0.648. The molecule has 0 aliphatic heterocycles. The van der Waals surface area contributed by atoms with Gasteiger partial charge in [-0.2, -0.15) is 0 Å². The molecule has 0 bridgehead atoms. The molecule has 1 amide bonds. The van der Waals surface area contributed by atoms with Crippen LogP contribution in [0.5, 0.6) is 0 Å². The SMILES string of the molecule is CC(CCO)NC(=O)CC(C)(C)CC(=O)O. The fourth-order valence-corrected chi connectivity index (χ4v) is 1.50. The Bertz CT molecular complexity index is 250. The van der Waals surface area contributed by atoms with E-state index >= 15 is 0 Å². The summed E-state index contributed by atoms with van der Waals surface area (Å²) in [6, 6.07) is -0.0851. The molecule has 0 spiro atoms. The second-order valence-corrected chi connectivity index (χ2v) is 4.89. The van der Waals surface area contributed by atoms with Crippen molar-refractivity contribution in [2.24, 2.45) is 5.41 Å². The molecule has 16 heavy (non-hydrogen) atoms. The molecule has 0 aromatic heterocycles.